The van der Waals surface area contributed by atoms with E-state index >= 15 is 0 Å². The maximum atomic E-state index is 11.3. The maximum absolute atomic E-state index is 11.3. The van der Waals surface area contributed by atoms with Gasteiger partial charge in [0.15, 0.2) is 0 Å². The molecule has 0 aliphatic carbocycles. The summed E-state index contributed by atoms with van der Waals surface area (Å²) in [5.41, 5.74) is 5.27. The van der Waals surface area contributed by atoms with Gasteiger partial charge < -0.3 is 14.4 Å². The van der Waals surface area contributed by atoms with E-state index in [4.69, 9.17) is 9.47 Å². The van der Waals surface area contributed by atoms with E-state index in [1.165, 1.54) is 31.5 Å². The maximum Gasteiger partial charge on any atom is 0.427 e. The molecule has 1 heterocycles. The highest BCUT2D eigenvalue weighted by Gasteiger charge is 2.18. The third kappa shape index (κ3) is 4.96. The van der Waals surface area contributed by atoms with Crippen molar-refractivity contribution in [2.24, 2.45) is 5.10 Å². The fourth-order valence-electron chi connectivity index (χ4n) is 2.82. The number of nitrogens with one attached hydrogen (secondary N) is 2. The number of likely N-dealkylation sites (tertiary alicyclic amines) is 1. The summed E-state index contributed by atoms with van der Waals surface area (Å²) in [7, 11) is 1.70. The molecule has 0 saturated carbocycles. The van der Waals surface area contributed by atoms with Gasteiger partial charge in [0.1, 0.15) is 12.3 Å². The molecule has 0 atom stereocenters. The van der Waals surface area contributed by atoms with Gasteiger partial charge >= 0.3 is 6.09 Å². The highest BCUT2D eigenvalue weighted by molar-refractivity contribution is 5.99. The van der Waals surface area contributed by atoms with Crippen LogP contribution in [0.2, 0.25) is 0 Å². The number of nitrogens with zero attached hydrogens (tertiary/aromatic N) is 1. The number of methoxy groups -OCH3 is 1. The number of benzene rings is 1. The second-order valence-corrected chi connectivity index (χ2v) is 5.69. The van der Waals surface area contributed by atoms with Crippen LogP contribution in [-0.2, 0) is 11.3 Å². The smallest absolute Gasteiger partial charge is 0.427 e. The summed E-state index contributed by atoms with van der Waals surface area (Å²) < 4.78 is 10.3. The highest BCUT2D eigenvalue weighted by atomic mass is 16.5. The Kier molecular flexibility index (Phi) is 6.40. The van der Waals surface area contributed by atoms with Crippen LogP contribution in [0.15, 0.2) is 23.3 Å². The van der Waals surface area contributed by atoms with Gasteiger partial charge in [-0.25, -0.2) is 10.2 Å². The van der Waals surface area contributed by atoms with E-state index in [9.17, 15) is 4.79 Å². The third-order valence-electron chi connectivity index (χ3n) is 4.04. The Labute approximate surface area is 137 Å². The van der Waals surface area contributed by atoms with Gasteiger partial charge in [0.05, 0.1) is 32.5 Å². The molecule has 6 heteroatoms. The fraction of sp³-hybridized carbons (Fsp3) is 0.529. The zero-order chi connectivity index (χ0) is 16.7. The van der Waals surface area contributed by atoms with Crippen LogP contribution in [0.3, 0.4) is 0 Å². The molecular formula is C17H26N3O3+. The van der Waals surface area contributed by atoms with Crippen molar-refractivity contribution < 1.29 is 19.2 Å². The van der Waals surface area contributed by atoms with Crippen LogP contribution in [-0.4, -0.2) is 38.6 Å². The van der Waals surface area contributed by atoms with Gasteiger partial charge in [-0.2, -0.15) is 5.10 Å². The van der Waals surface area contributed by atoms with Crippen molar-refractivity contribution in [3.63, 3.8) is 0 Å². The molecule has 1 amide bonds. The number of ether oxygens (including phenoxy) is 2. The van der Waals surface area contributed by atoms with E-state index in [0.29, 0.717) is 6.61 Å². The van der Waals surface area contributed by atoms with Crippen molar-refractivity contribution in [1.82, 2.24) is 5.43 Å². The standard InChI is InChI=1S/C17H25N3O3/c1-4-23-17(21)19-18-13(2)14-7-8-16(22-3)15(11-14)12-20-9-5-6-10-20/h7-8,11H,4-6,9-10,12H2,1-3H3,(H,19,21)/p+1/b18-13-. The summed E-state index contributed by atoms with van der Waals surface area (Å²) in [5.74, 6) is 0.902. The molecule has 1 aromatic rings. The first-order valence-electron chi connectivity index (χ1n) is 8.12. The SMILES string of the molecule is CCOC(=O)N/N=C(/C)c1ccc(OC)c(C[NH+]2CCCC2)c1. The molecule has 1 aliphatic rings. The zero-order valence-corrected chi connectivity index (χ0v) is 14.1. The Bertz CT molecular complexity index is 566. The second-order valence-electron chi connectivity index (χ2n) is 5.69. The molecule has 6 nitrogen and oxygen atoms in total. The van der Waals surface area contributed by atoms with Crippen molar-refractivity contribution in [2.75, 3.05) is 26.8 Å². The zero-order valence-electron chi connectivity index (χ0n) is 14.1. The van der Waals surface area contributed by atoms with E-state index < -0.39 is 6.09 Å². The van der Waals surface area contributed by atoms with Crippen LogP contribution in [0.25, 0.3) is 0 Å². The summed E-state index contributed by atoms with van der Waals surface area (Å²) in [6, 6.07) is 6.01. The van der Waals surface area contributed by atoms with Gasteiger partial charge in [0.2, 0.25) is 0 Å². The van der Waals surface area contributed by atoms with Gasteiger partial charge in [0, 0.05) is 18.4 Å². The quantitative estimate of drug-likeness (QED) is 0.614. The minimum absolute atomic E-state index is 0.325. The molecule has 0 unspecified atom stereocenters. The lowest BCUT2D eigenvalue weighted by Crippen LogP contribution is -3.08. The molecule has 23 heavy (non-hydrogen) atoms. The van der Waals surface area contributed by atoms with Crippen molar-refractivity contribution >= 4 is 11.8 Å². The van der Waals surface area contributed by atoms with Gasteiger partial charge in [-0.05, 0) is 37.6 Å². The molecule has 0 spiro atoms. The van der Waals surface area contributed by atoms with Crippen LogP contribution < -0.4 is 15.1 Å². The highest BCUT2D eigenvalue weighted by Crippen LogP contribution is 2.20. The van der Waals surface area contributed by atoms with Gasteiger partial charge in [-0.15, -0.1) is 0 Å². The molecule has 0 bridgehead atoms. The lowest BCUT2D eigenvalue weighted by molar-refractivity contribution is -0.901. The summed E-state index contributed by atoms with van der Waals surface area (Å²) in [4.78, 5) is 12.9. The van der Waals surface area contributed by atoms with Gasteiger partial charge in [-0.3, -0.25) is 0 Å². The Hall–Kier alpha value is -2.08. The number of hydrazone groups is 1. The number of quaternary nitrogens is 1. The molecule has 0 radical (unpaired) electrons. The molecule has 2 N–H and O–H groups in total. The van der Waals surface area contributed by atoms with E-state index in [1.54, 1.807) is 18.9 Å². The van der Waals surface area contributed by atoms with Crippen LogP contribution in [0.1, 0.15) is 37.8 Å². The summed E-state index contributed by atoms with van der Waals surface area (Å²) in [6.07, 6.45) is 2.05. The number of hydrogen-bond donors (Lipinski definition) is 2. The molecule has 2 rings (SSSR count). The van der Waals surface area contributed by atoms with Crippen LogP contribution in [0.4, 0.5) is 4.79 Å². The van der Waals surface area contributed by atoms with Crippen molar-refractivity contribution in [3.05, 3.63) is 29.3 Å². The van der Waals surface area contributed by atoms with Gasteiger partial charge in [0.25, 0.3) is 0 Å². The normalized spacial score (nSPS) is 15.5. The first-order chi connectivity index (χ1) is 11.1. The topological polar surface area (TPSA) is 64.4 Å². The molecular weight excluding hydrogens is 294 g/mol. The van der Waals surface area contributed by atoms with E-state index in [2.05, 4.69) is 16.6 Å². The van der Waals surface area contributed by atoms with E-state index in [-0.39, 0.29) is 0 Å². The monoisotopic (exact) mass is 320 g/mol. The number of amides is 1. The van der Waals surface area contributed by atoms with Crippen molar-refractivity contribution in [1.29, 1.82) is 0 Å². The lowest BCUT2D eigenvalue weighted by Gasteiger charge is -2.15. The number of carbonyl (C=O) groups is 1. The lowest BCUT2D eigenvalue weighted by atomic mass is 10.1. The van der Waals surface area contributed by atoms with Crippen LogP contribution in [0, 0.1) is 0 Å². The Morgan fingerprint density at radius 1 is 1.35 bits per heavy atom. The summed E-state index contributed by atoms with van der Waals surface area (Å²) >= 11 is 0. The second kappa shape index (κ2) is 8.53. The average Bonchev–Trinajstić information content (AvgIpc) is 3.06. The summed E-state index contributed by atoms with van der Waals surface area (Å²) in [5, 5.41) is 4.09. The molecule has 1 fully saturated rings. The minimum atomic E-state index is -0.540. The Balaban J connectivity index is 2.12. The number of rotatable bonds is 6. The third-order valence-corrected chi connectivity index (χ3v) is 4.04. The predicted octanol–water partition coefficient (Wildman–Crippen LogP) is 1.34. The largest absolute Gasteiger partial charge is 0.496 e. The predicted molar refractivity (Wildman–Crippen MR) is 89.0 cm³/mol. The van der Waals surface area contributed by atoms with Crippen LogP contribution >= 0.6 is 0 Å². The molecule has 126 valence electrons. The number of hydrogen-bond acceptors (Lipinski definition) is 4. The van der Waals surface area contributed by atoms with Crippen molar-refractivity contribution in [2.45, 2.75) is 33.2 Å². The van der Waals surface area contributed by atoms with Gasteiger partial charge in [-0.1, -0.05) is 0 Å². The van der Waals surface area contributed by atoms with E-state index in [1.807, 2.05) is 19.1 Å². The average molecular weight is 320 g/mol. The molecule has 0 aromatic heterocycles. The first-order valence-corrected chi connectivity index (χ1v) is 8.12. The Morgan fingerprint density at radius 3 is 2.74 bits per heavy atom. The minimum Gasteiger partial charge on any atom is -0.496 e. The van der Waals surface area contributed by atoms with Crippen molar-refractivity contribution in [3.8, 4) is 5.75 Å². The number of carbonyl (C=O) groups excluding carboxylic acids is 1. The van der Waals surface area contributed by atoms with Crippen LogP contribution in [0.5, 0.6) is 5.75 Å². The Morgan fingerprint density at radius 2 is 2.09 bits per heavy atom. The fourth-order valence-corrected chi connectivity index (χ4v) is 2.82. The molecule has 1 saturated heterocycles. The molecule has 1 aliphatic heterocycles. The molecule has 1 aromatic carbocycles. The van der Waals surface area contributed by atoms with E-state index in [0.717, 1.165) is 23.6 Å². The summed E-state index contributed by atoms with van der Waals surface area (Å²) in [6.45, 7) is 7.32. The first kappa shape index (κ1) is 17.3.